The molecule has 3 heteroatoms. The Morgan fingerprint density at radius 1 is 1.33 bits per heavy atom. The molecule has 0 amide bonds. The Morgan fingerprint density at radius 3 is 3.00 bits per heavy atom. The van der Waals surface area contributed by atoms with Crippen LogP contribution in [0.25, 0.3) is 0 Å². The molecule has 15 heavy (non-hydrogen) atoms. The third-order valence-corrected chi connectivity index (χ3v) is 4.59. The predicted octanol–water partition coefficient (Wildman–Crippen LogP) is 0.705. The van der Waals surface area contributed by atoms with Crippen molar-refractivity contribution in [2.75, 3.05) is 32.8 Å². The van der Waals surface area contributed by atoms with Crippen molar-refractivity contribution in [2.45, 2.75) is 31.8 Å². The van der Waals surface area contributed by atoms with Gasteiger partial charge in [0.15, 0.2) is 0 Å². The molecule has 4 unspecified atom stereocenters. The van der Waals surface area contributed by atoms with Crippen LogP contribution in [0.15, 0.2) is 0 Å². The smallest absolute Gasteiger partial charge is 0.0621 e. The fraction of sp³-hybridized carbons (Fsp3) is 1.00. The zero-order valence-electron chi connectivity index (χ0n) is 9.61. The van der Waals surface area contributed by atoms with E-state index in [1.807, 2.05) is 0 Å². The largest absolute Gasteiger partial charge is 0.380 e. The molecular weight excluding hydrogens is 188 g/mol. The van der Waals surface area contributed by atoms with Crippen LogP contribution in [0.1, 0.15) is 19.8 Å². The van der Waals surface area contributed by atoms with Crippen LogP contribution in [-0.4, -0.2) is 49.8 Å². The van der Waals surface area contributed by atoms with Gasteiger partial charge in [0, 0.05) is 25.2 Å². The molecule has 0 spiro atoms. The van der Waals surface area contributed by atoms with Crippen LogP contribution in [0.5, 0.6) is 0 Å². The van der Waals surface area contributed by atoms with Crippen LogP contribution in [0, 0.1) is 11.8 Å². The molecule has 0 radical (unpaired) electrons. The fourth-order valence-corrected chi connectivity index (χ4v) is 3.67. The monoisotopic (exact) mass is 210 g/mol. The lowest BCUT2D eigenvalue weighted by atomic mass is 9.95. The van der Waals surface area contributed by atoms with Crippen molar-refractivity contribution < 1.29 is 4.74 Å². The van der Waals surface area contributed by atoms with E-state index in [-0.39, 0.29) is 0 Å². The highest BCUT2D eigenvalue weighted by Crippen LogP contribution is 2.35. The standard InChI is InChI=1S/C12H22N2O/c1-9-12-6-13-5-10(12)7-14(9)11-3-2-4-15-8-11/h9-13H,2-8H2,1H3. The summed E-state index contributed by atoms with van der Waals surface area (Å²) < 4.78 is 5.61. The minimum absolute atomic E-state index is 0.708. The summed E-state index contributed by atoms with van der Waals surface area (Å²) in [6.45, 7) is 8.12. The zero-order chi connectivity index (χ0) is 10.3. The van der Waals surface area contributed by atoms with Gasteiger partial charge >= 0.3 is 0 Å². The number of fused-ring (bicyclic) bond motifs is 1. The summed E-state index contributed by atoms with van der Waals surface area (Å²) >= 11 is 0. The van der Waals surface area contributed by atoms with E-state index in [0.717, 1.165) is 31.1 Å². The summed E-state index contributed by atoms with van der Waals surface area (Å²) in [5.74, 6) is 1.80. The van der Waals surface area contributed by atoms with Crippen LogP contribution in [0.3, 0.4) is 0 Å². The second-order valence-electron chi connectivity index (χ2n) is 5.39. The summed E-state index contributed by atoms with van der Waals surface area (Å²) in [7, 11) is 0. The van der Waals surface area contributed by atoms with Crippen molar-refractivity contribution in [3.8, 4) is 0 Å². The molecule has 86 valence electrons. The first-order valence-corrected chi connectivity index (χ1v) is 6.40. The summed E-state index contributed by atoms with van der Waals surface area (Å²) in [5, 5.41) is 3.52. The lowest BCUT2D eigenvalue weighted by molar-refractivity contribution is 0.0112. The quantitative estimate of drug-likeness (QED) is 0.689. The third kappa shape index (κ3) is 1.71. The average molecular weight is 210 g/mol. The maximum atomic E-state index is 5.61. The van der Waals surface area contributed by atoms with Gasteiger partial charge in [-0.2, -0.15) is 0 Å². The van der Waals surface area contributed by atoms with Gasteiger partial charge in [-0.05, 0) is 44.7 Å². The van der Waals surface area contributed by atoms with Crippen LogP contribution in [0.2, 0.25) is 0 Å². The molecule has 0 bridgehead atoms. The Balaban J connectivity index is 1.67. The first-order valence-electron chi connectivity index (χ1n) is 6.40. The van der Waals surface area contributed by atoms with E-state index in [2.05, 4.69) is 17.1 Å². The first-order chi connectivity index (χ1) is 7.36. The first kappa shape index (κ1) is 10.1. The molecule has 0 aromatic heterocycles. The van der Waals surface area contributed by atoms with Crippen molar-refractivity contribution in [1.82, 2.24) is 10.2 Å². The minimum Gasteiger partial charge on any atom is -0.380 e. The summed E-state index contributed by atoms with van der Waals surface area (Å²) in [6, 6.07) is 1.47. The van der Waals surface area contributed by atoms with Gasteiger partial charge in [0.2, 0.25) is 0 Å². The second-order valence-corrected chi connectivity index (χ2v) is 5.39. The van der Waals surface area contributed by atoms with Crippen molar-refractivity contribution in [3.05, 3.63) is 0 Å². The topological polar surface area (TPSA) is 24.5 Å². The Kier molecular flexibility index (Phi) is 2.71. The van der Waals surface area contributed by atoms with E-state index < -0.39 is 0 Å². The van der Waals surface area contributed by atoms with Crippen LogP contribution in [-0.2, 0) is 4.74 Å². The minimum atomic E-state index is 0.708. The Labute approximate surface area is 92.2 Å². The van der Waals surface area contributed by atoms with Gasteiger partial charge in [-0.1, -0.05) is 0 Å². The highest BCUT2D eigenvalue weighted by Gasteiger charge is 2.44. The number of nitrogens with one attached hydrogen (secondary N) is 1. The van der Waals surface area contributed by atoms with Crippen LogP contribution in [0.4, 0.5) is 0 Å². The van der Waals surface area contributed by atoms with E-state index in [9.17, 15) is 0 Å². The number of ether oxygens (including phenoxy) is 1. The van der Waals surface area contributed by atoms with Gasteiger partial charge in [-0.15, -0.1) is 0 Å². The molecule has 0 aromatic rings. The van der Waals surface area contributed by atoms with Gasteiger partial charge in [0.05, 0.1) is 6.61 Å². The number of hydrogen-bond donors (Lipinski definition) is 1. The Morgan fingerprint density at radius 2 is 2.27 bits per heavy atom. The van der Waals surface area contributed by atoms with Crippen molar-refractivity contribution in [3.63, 3.8) is 0 Å². The molecular formula is C12H22N2O. The van der Waals surface area contributed by atoms with E-state index in [4.69, 9.17) is 4.74 Å². The molecule has 3 nitrogen and oxygen atoms in total. The van der Waals surface area contributed by atoms with Gasteiger partial charge in [-0.3, -0.25) is 4.90 Å². The molecule has 3 aliphatic rings. The van der Waals surface area contributed by atoms with Crippen molar-refractivity contribution in [1.29, 1.82) is 0 Å². The molecule has 3 rings (SSSR count). The zero-order valence-corrected chi connectivity index (χ0v) is 9.61. The molecule has 3 heterocycles. The van der Waals surface area contributed by atoms with Crippen LogP contribution < -0.4 is 5.32 Å². The van der Waals surface area contributed by atoms with Gasteiger partial charge in [0.25, 0.3) is 0 Å². The lowest BCUT2D eigenvalue weighted by Gasteiger charge is -2.35. The number of hydrogen-bond acceptors (Lipinski definition) is 3. The highest BCUT2D eigenvalue weighted by molar-refractivity contribution is 4.98. The molecule has 4 atom stereocenters. The van der Waals surface area contributed by atoms with E-state index >= 15 is 0 Å². The van der Waals surface area contributed by atoms with E-state index in [1.165, 1.54) is 32.5 Å². The van der Waals surface area contributed by atoms with Crippen molar-refractivity contribution in [2.24, 2.45) is 11.8 Å². The van der Waals surface area contributed by atoms with Crippen molar-refractivity contribution >= 4 is 0 Å². The average Bonchev–Trinajstić information content (AvgIpc) is 2.83. The lowest BCUT2D eigenvalue weighted by Crippen LogP contribution is -2.45. The third-order valence-electron chi connectivity index (χ3n) is 4.59. The Hall–Kier alpha value is -0.120. The molecule has 0 aliphatic carbocycles. The molecule has 3 aliphatic heterocycles. The summed E-state index contributed by atoms with van der Waals surface area (Å²) in [4.78, 5) is 2.72. The van der Waals surface area contributed by atoms with Gasteiger partial charge in [0.1, 0.15) is 0 Å². The molecule has 3 fully saturated rings. The van der Waals surface area contributed by atoms with Crippen LogP contribution >= 0.6 is 0 Å². The second kappa shape index (κ2) is 4.04. The molecule has 3 saturated heterocycles. The maximum absolute atomic E-state index is 5.61. The normalized spacial score (nSPS) is 47.0. The summed E-state index contributed by atoms with van der Waals surface area (Å²) in [5.41, 5.74) is 0. The number of likely N-dealkylation sites (tertiary alicyclic amines) is 1. The fourth-order valence-electron chi connectivity index (χ4n) is 3.67. The number of rotatable bonds is 1. The van der Waals surface area contributed by atoms with Gasteiger partial charge in [-0.25, -0.2) is 0 Å². The number of nitrogens with zero attached hydrogens (tertiary/aromatic N) is 1. The van der Waals surface area contributed by atoms with E-state index in [1.54, 1.807) is 0 Å². The predicted molar refractivity (Wildman–Crippen MR) is 59.9 cm³/mol. The molecule has 1 N–H and O–H groups in total. The highest BCUT2D eigenvalue weighted by atomic mass is 16.5. The Bertz CT molecular complexity index is 226. The summed E-state index contributed by atoms with van der Waals surface area (Å²) in [6.07, 6.45) is 2.60. The molecule has 0 saturated carbocycles. The SMILES string of the molecule is CC1C2CNCC2CN1C1CCCOC1. The molecule has 0 aromatic carbocycles. The van der Waals surface area contributed by atoms with Gasteiger partial charge < -0.3 is 10.1 Å². The van der Waals surface area contributed by atoms with E-state index in [0.29, 0.717) is 6.04 Å². The maximum Gasteiger partial charge on any atom is 0.0621 e.